The maximum Gasteiger partial charge on any atom is 0.291 e. The third kappa shape index (κ3) is 1.21. The van der Waals surface area contributed by atoms with Gasteiger partial charge in [0.05, 0.1) is 0 Å². The van der Waals surface area contributed by atoms with Gasteiger partial charge in [0.15, 0.2) is 5.82 Å². The molecule has 72 valence electrons. The minimum Gasteiger partial charge on any atom is -0.279 e. The molecule has 14 heavy (non-hydrogen) atoms. The first-order valence-corrected chi connectivity index (χ1v) is 4.53. The van der Waals surface area contributed by atoms with Crippen LogP contribution in [0.3, 0.4) is 0 Å². The molecule has 0 aliphatic carbocycles. The van der Waals surface area contributed by atoms with Gasteiger partial charge in [-0.2, -0.15) is 0 Å². The second-order valence-corrected chi connectivity index (χ2v) is 3.12. The Hall–Kier alpha value is -1.64. The number of nitrogens with zero attached hydrogens (tertiary/aromatic N) is 1. The minimum absolute atomic E-state index is 0.569. The van der Waals surface area contributed by atoms with Crippen molar-refractivity contribution < 1.29 is 4.39 Å². The van der Waals surface area contributed by atoms with E-state index in [2.05, 4.69) is 0 Å². The average molecular weight is 191 g/mol. The van der Waals surface area contributed by atoms with Crippen molar-refractivity contribution in [3.05, 3.63) is 52.2 Å². The topological polar surface area (TPSA) is 21.5 Å². The molecule has 0 aliphatic heterocycles. The Balaban J connectivity index is 2.97. The van der Waals surface area contributed by atoms with Crippen LogP contribution in [-0.4, -0.2) is 4.40 Å². The molecule has 2 aromatic heterocycles. The highest BCUT2D eigenvalue weighted by Crippen LogP contribution is 2.06. The van der Waals surface area contributed by atoms with Crippen LogP contribution >= 0.6 is 0 Å². The summed E-state index contributed by atoms with van der Waals surface area (Å²) in [6.07, 6.45) is 0.709. The van der Waals surface area contributed by atoms with Gasteiger partial charge in [0, 0.05) is 11.2 Å². The summed E-state index contributed by atoms with van der Waals surface area (Å²) >= 11 is 0. The van der Waals surface area contributed by atoms with Crippen LogP contribution in [0, 0.1) is 5.82 Å². The molecule has 0 radical (unpaired) electrons. The van der Waals surface area contributed by atoms with E-state index in [1.807, 2.05) is 19.1 Å². The quantitative estimate of drug-likeness (QED) is 0.675. The lowest BCUT2D eigenvalue weighted by Crippen LogP contribution is -2.19. The summed E-state index contributed by atoms with van der Waals surface area (Å²) in [5.74, 6) is -0.705. The maximum absolute atomic E-state index is 13.0. The first kappa shape index (κ1) is 8.94. The highest BCUT2D eigenvalue weighted by atomic mass is 19.1. The van der Waals surface area contributed by atoms with Crippen molar-refractivity contribution in [2.75, 3.05) is 0 Å². The molecule has 0 unspecified atom stereocenters. The van der Waals surface area contributed by atoms with E-state index < -0.39 is 11.4 Å². The molecule has 0 spiro atoms. The van der Waals surface area contributed by atoms with Crippen molar-refractivity contribution in [2.45, 2.75) is 13.3 Å². The van der Waals surface area contributed by atoms with E-state index in [1.165, 1.54) is 10.5 Å². The number of hydrogen-bond acceptors (Lipinski definition) is 1. The molecule has 0 saturated carbocycles. The van der Waals surface area contributed by atoms with Gasteiger partial charge in [-0.25, -0.2) is 4.39 Å². The number of halogens is 1. The second-order valence-electron chi connectivity index (χ2n) is 3.12. The largest absolute Gasteiger partial charge is 0.291 e. The molecule has 0 bridgehead atoms. The number of pyridine rings is 2. The molecule has 3 heteroatoms. The predicted octanol–water partition coefficient (Wildman–Crippen LogP) is 2.00. The number of fused-ring (bicyclic) bond motifs is 1. The third-order valence-electron chi connectivity index (χ3n) is 2.27. The Labute approximate surface area is 80.6 Å². The first-order chi connectivity index (χ1) is 6.74. The zero-order chi connectivity index (χ0) is 10.1. The summed E-state index contributed by atoms with van der Waals surface area (Å²) in [5, 5.41) is 0. The molecule has 0 fully saturated rings. The number of aryl methyl sites for hydroxylation is 1. The molecule has 0 amide bonds. The molecule has 0 saturated heterocycles. The van der Waals surface area contributed by atoms with Crippen LogP contribution in [0.5, 0.6) is 0 Å². The SMILES string of the molecule is CCc1cccc2ccc(F)c(=O)n12. The molecule has 0 aromatic carbocycles. The lowest BCUT2D eigenvalue weighted by Gasteiger charge is -2.05. The van der Waals surface area contributed by atoms with Gasteiger partial charge in [-0.05, 0) is 30.7 Å². The number of hydrogen-bond donors (Lipinski definition) is 0. The minimum atomic E-state index is -0.705. The van der Waals surface area contributed by atoms with Crippen LogP contribution < -0.4 is 5.56 Å². The summed E-state index contributed by atoms with van der Waals surface area (Å²) < 4.78 is 14.4. The van der Waals surface area contributed by atoms with Crippen LogP contribution in [0.4, 0.5) is 4.39 Å². The Kier molecular flexibility index (Phi) is 2.08. The summed E-state index contributed by atoms with van der Waals surface area (Å²) in [5.41, 5.74) is 0.989. The maximum atomic E-state index is 13.0. The van der Waals surface area contributed by atoms with E-state index in [9.17, 15) is 9.18 Å². The van der Waals surface area contributed by atoms with Crippen LogP contribution in [0.25, 0.3) is 5.52 Å². The van der Waals surface area contributed by atoms with Crippen molar-refractivity contribution in [3.63, 3.8) is 0 Å². The fourth-order valence-corrected chi connectivity index (χ4v) is 1.56. The zero-order valence-corrected chi connectivity index (χ0v) is 7.83. The molecule has 0 atom stereocenters. The Morgan fingerprint density at radius 2 is 2.07 bits per heavy atom. The number of rotatable bonds is 1. The molecule has 2 rings (SSSR count). The van der Waals surface area contributed by atoms with Gasteiger partial charge in [0.25, 0.3) is 5.56 Å². The van der Waals surface area contributed by atoms with E-state index >= 15 is 0 Å². The molecule has 2 heterocycles. The smallest absolute Gasteiger partial charge is 0.279 e. The summed E-state index contributed by atoms with van der Waals surface area (Å²) in [6.45, 7) is 1.94. The predicted molar refractivity (Wildman–Crippen MR) is 53.0 cm³/mol. The fraction of sp³-hybridized carbons (Fsp3) is 0.182. The average Bonchev–Trinajstić information content (AvgIpc) is 2.23. The Morgan fingerprint density at radius 1 is 1.29 bits per heavy atom. The van der Waals surface area contributed by atoms with Crippen LogP contribution in [-0.2, 0) is 6.42 Å². The highest BCUT2D eigenvalue weighted by Gasteiger charge is 2.04. The first-order valence-electron chi connectivity index (χ1n) is 4.53. The zero-order valence-electron chi connectivity index (χ0n) is 7.83. The van der Waals surface area contributed by atoms with E-state index in [1.54, 1.807) is 12.1 Å². The molecular formula is C11H10FNO. The standard InChI is InChI=1S/C11H10FNO/c1-2-8-4-3-5-9-6-7-10(12)11(14)13(8)9/h3-7H,2H2,1H3. The fourth-order valence-electron chi connectivity index (χ4n) is 1.56. The van der Waals surface area contributed by atoms with Crippen molar-refractivity contribution in [1.82, 2.24) is 4.40 Å². The lowest BCUT2D eigenvalue weighted by molar-refractivity contribution is 0.603. The van der Waals surface area contributed by atoms with Crippen LogP contribution in [0.2, 0.25) is 0 Å². The Morgan fingerprint density at radius 3 is 2.79 bits per heavy atom. The summed E-state index contributed by atoms with van der Waals surface area (Å²) in [4.78, 5) is 11.5. The van der Waals surface area contributed by atoms with E-state index in [0.29, 0.717) is 6.42 Å². The molecule has 0 N–H and O–H groups in total. The van der Waals surface area contributed by atoms with E-state index in [4.69, 9.17) is 0 Å². The lowest BCUT2D eigenvalue weighted by atomic mass is 10.2. The third-order valence-corrected chi connectivity index (χ3v) is 2.27. The van der Waals surface area contributed by atoms with E-state index in [-0.39, 0.29) is 0 Å². The molecule has 2 aromatic rings. The normalized spacial score (nSPS) is 10.7. The van der Waals surface area contributed by atoms with Crippen LogP contribution in [0.15, 0.2) is 35.1 Å². The van der Waals surface area contributed by atoms with Gasteiger partial charge in [-0.15, -0.1) is 0 Å². The van der Waals surface area contributed by atoms with Crippen molar-refractivity contribution in [2.24, 2.45) is 0 Å². The van der Waals surface area contributed by atoms with Gasteiger partial charge in [0.2, 0.25) is 0 Å². The van der Waals surface area contributed by atoms with Gasteiger partial charge in [0.1, 0.15) is 0 Å². The van der Waals surface area contributed by atoms with Crippen LogP contribution in [0.1, 0.15) is 12.6 Å². The van der Waals surface area contributed by atoms with Gasteiger partial charge in [-0.1, -0.05) is 13.0 Å². The van der Waals surface area contributed by atoms with Gasteiger partial charge < -0.3 is 0 Å². The Bertz CT molecular complexity index is 530. The molecule has 2 nitrogen and oxygen atoms in total. The van der Waals surface area contributed by atoms with Gasteiger partial charge in [-0.3, -0.25) is 9.20 Å². The molecule has 0 aliphatic rings. The van der Waals surface area contributed by atoms with E-state index in [0.717, 1.165) is 11.2 Å². The molecular weight excluding hydrogens is 181 g/mol. The summed E-state index contributed by atoms with van der Waals surface area (Å²) in [6, 6.07) is 8.30. The highest BCUT2D eigenvalue weighted by molar-refractivity contribution is 5.47. The monoisotopic (exact) mass is 191 g/mol. The van der Waals surface area contributed by atoms with Crippen molar-refractivity contribution in [3.8, 4) is 0 Å². The van der Waals surface area contributed by atoms with Gasteiger partial charge >= 0.3 is 0 Å². The summed E-state index contributed by atoms with van der Waals surface area (Å²) in [7, 11) is 0. The van der Waals surface area contributed by atoms with Crippen molar-refractivity contribution in [1.29, 1.82) is 0 Å². The van der Waals surface area contributed by atoms with Crippen molar-refractivity contribution >= 4 is 5.52 Å². The second kappa shape index (κ2) is 3.25. The number of aromatic nitrogens is 1.